The number of nitrogens with zero attached hydrogens (tertiary/aromatic N) is 3. The fourth-order valence-corrected chi connectivity index (χ4v) is 5.64. The highest BCUT2D eigenvalue weighted by atomic mass is 32.2. The molecule has 3 aliphatic heterocycles. The molecule has 0 bridgehead atoms. The number of piperidine rings is 1. The van der Waals surface area contributed by atoms with Gasteiger partial charge in [-0.2, -0.15) is 0 Å². The van der Waals surface area contributed by atoms with Crippen molar-refractivity contribution in [3.8, 4) is 0 Å². The molecular formula is C16H29N3O3S. The van der Waals surface area contributed by atoms with Crippen LogP contribution in [0.5, 0.6) is 0 Å². The lowest BCUT2D eigenvalue weighted by molar-refractivity contribution is -0.139. The normalized spacial score (nSPS) is 31.2. The van der Waals surface area contributed by atoms with E-state index in [9.17, 15) is 13.2 Å². The van der Waals surface area contributed by atoms with E-state index in [1.807, 2.05) is 4.90 Å². The third-order valence-corrected chi connectivity index (χ3v) is 7.36. The largest absolute Gasteiger partial charge is 0.340 e. The van der Waals surface area contributed by atoms with Crippen LogP contribution in [0.1, 0.15) is 25.7 Å². The van der Waals surface area contributed by atoms with Gasteiger partial charge in [0.25, 0.3) is 0 Å². The molecule has 3 aliphatic rings. The predicted molar refractivity (Wildman–Crippen MR) is 90.0 cm³/mol. The molecular weight excluding hydrogens is 314 g/mol. The van der Waals surface area contributed by atoms with Gasteiger partial charge in [-0.15, -0.1) is 0 Å². The molecule has 23 heavy (non-hydrogen) atoms. The third-order valence-electron chi connectivity index (χ3n) is 5.64. The van der Waals surface area contributed by atoms with Gasteiger partial charge in [-0.25, -0.2) is 8.42 Å². The van der Waals surface area contributed by atoms with Gasteiger partial charge in [0.15, 0.2) is 0 Å². The molecule has 1 unspecified atom stereocenters. The summed E-state index contributed by atoms with van der Waals surface area (Å²) in [7, 11) is -0.702. The fraction of sp³-hybridized carbons (Fsp3) is 0.938. The van der Waals surface area contributed by atoms with Crippen LogP contribution in [0.25, 0.3) is 0 Å². The van der Waals surface area contributed by atoms with Crippen molar-refractivity contribution in [2.75, 3.05) is 57.8 Å². The summed E-state index contributed by atoms with van der Waals surface area (Å²) in [5, 5.41) is 0. The maximum absolute atomic E-state index is 12.7. The number of likely N-dealkylation sites (tertiary alicyclic amines) is 1. The van der Waals surface area contributed by atoms with Crippen molar-refractivity contribution in [2.24, 2.45) is 5.92 Å². The first-order chi connectivity index (χ1) is 10.9. The Labute approximate surface area is 139 Å². The van der Waals surface area contributed by atoms with Crippen molar-refractivity contribution in [3.63, 3.8) is 0 Å². The van der Waals surface area contributed by atoms with Gasteiger partial charge in [0.05, 0.1) is 17.4 Å². The highest BCUT2D eigenvalue weighted by Crippen LogP contribution is 2.22. The first kappa shape index (κ1) is 17.2. The average Bonchev–Trinajstić information content (AvgIpc) is 2.54. The first-order valence-electron chi connectivity index (χ1n) is 8.86. The van der Waals surface area contributed by atoms with Crippen molar-refractivity contribution in [3.05, 3.63) is 0 Å². The Morgan fingerprint density at radius 3 is 2.22 bits per heavy atom. The van der Waals surface area contributed by atoms with E-state index in [2.05, 4.69) is 16.8 Å². The minimum atomic E-state index is -2.79. The molecule has 7 heteroatoms. The Balaban J connectivity index is 1.47. The van der Waals surface area contributed by atoms with E-state index in [-0.39, 0.29) is 5.92 Å². The van der Waals surface area contributed by atoms with Crippen LogP contribution in [0.15, 0.2) is 0 Å². The second-order valence-corrected chi connectivity index (χ2v) is 9.65. The van der Waals surface area contributed by atoms with Gasteiger partial charge in [-0.05, 0) is 39.3 Å². The first-order valence-corrected chi connectivity index (χ1v) is 10.7. The molecule has 6 nitrogen and oxygen atoms in total. The smallest absolute Gasteiger partial charge is 0.227 e. The molecule has 3 rings (SSSR count). The number of amides is 1. The van der Waals surface area contributed by atoms with Crippen LogP contribution in [0.2, 0.25) is 0 Å². The molecule has 1 atom stereocenters. The summed E-state index contributed by atoms with van der Waals surface area (Å²) in [4.78, 5) is 19.3. The number of hydrogen-bond donors (Lipinski definition) is 0. The second-order valence-electron chi connectivity index (χ2n) is 7.35. The van der Waals surface area contributed by atoms with Crippen molar-refractivity contribution in [1.29, 1.82) is 0 Å². The van der Waals surface area contributed by atoms with E-state index >= 15 is 0 Å². The molecule has 0 saturated carbocycles. The SMILES string of the molecule is CN1CCCC(C(=O)N2CCN(C3CCS(=O)(=O)CC3)CC2)C1. The van der Waals surface area contributed by atoms with E-state index in [0.717, 1.165) is 65.0 Å². The van der Waals surface area contributed by atoms with Gasteiger partial charge in [0.1, 0.15) is 9.84 Å². The summed E-state index contributed by atoms with van der Waals surface area (Å²) >= 11 is 0. The monoisotopic (exact) mass is 343 g/mol. The zero-order chi connectivity index (χ0) is 16.4. The molecule has 0 radical (unpaired) electrons. The highest BCUT2D eigenvalue weighted by molar-refractivity contribution is 7.91. The summed E-state index contributed by atoms with van der Waals surface area (Å²) in [6.07, 6.45) is 3.64. The van der Waals surface area contributed by atoms with Crippen LogP contribution in [0, 0.1) is 5.92 Å². The summed E-state index contributed by atoms with van der Waals surface area (Å²) in [5.74, 6) is 1.14. The van der Waals surface area contributed by atoms with Crippen LogP contribution < -0.4 is 0 Å². The highest BCUT2D eigenvalue weighted by Gasteiger charge is 2.33. The Kier molecular flexibility index (Phi) is 5.28. The summed E-state index contributed by atoms with van der Waals surface area (Å²) in [6.45, 7) is 5.35. The molecule has 0 aliphatic carbocycles. The maximum Gasteiger partial charge on any atom is 0.227 e. The van der Waals surface area contributed by atoms with Gasteiger partial charge in [-0.3, -0.25) is 9.69 Å². The zero-order valence-corrected chi connectivity index (χ0v) is 14.9. The van der Waals surface area contributed by atoms with Gasteiger partial charge in [-0.1, -0.05) is 0 Å². The Hall–Kier alpha value is -0.660. The number of sulfone groups is 1. The van der Waals surface area contributed by atoms with E-state index < -0.39 is 9.84 Å². The van der Waals surface area contributed by atoms with Crippen LogP contribution in [-0.4, -0.2) is 92.9 Å². The molecule has 1 amide bonds. The Morgan fingerprint density at radius 2 is 1.61 bits per heavy atom. The van der Waals surface area contributed by atoms with Crippen LogP contribution >= 0.6 is 0 Å². The molecule has 0 spiro atoms. The van der Waals surface area contributed by atoms with E-state index in [4.69, 9.17) is 0 Å². The molecule has 0 aromatic carbocycles. The fourth-order valence-electron chi connectivity index (χ4n) is 4.18. The van der Waals surface area contributed by atoms with Crippen molar-refractivity contribution in [1.82, 2.24) is 14.7 Å². The number of hydrogen-bond acceptors (Lipinski definition) is 5. The number of carbonyl (C=O) groups excluding carboxylic acids is 1. The third kappa shape index (κ3) is 4.25. The minimum Gasteiger partial charge on any atom is -0.340 e. The maximum atomic E-state index is 12.7. The van der Waals surface area contributed by atoms with Gasteiger partial charge in [0.2, 0.25) is 5.91 Å². The number of carbonyl (C=O) groups is 1. The van der Waals surface area contributed by atoms with E-state index in [1.165, 1.54) is 0 Å². The Morgan fingerprint density at radius 1 is 0.957 bits per heavy atom. The predicted octanol–water partition coefficient (Wildman–Crippen LogP) is 0.0496. The topological polar surface area (TPSA) is 60.9 Å². The summed E-state index contributed by atoms with van der Waals surface area (Å²) in [6, 6.07) is 0.386. The van der Waals surface area contributed by atoms with Crippen molar-refractivity contribution < 1.29 is 13.2 Å². The van der Waals surface area contributed by atoms with Crippen LogP contribution in [-0.2, 0) is 14.6 Å². The molecule has 132 valence electrons. The minimum absolute atomic E-state index is 0.167. The lowest BCUT2D eigenvalue weighted by atomic mass is 9.96. The quantitative estimate of drug-likeness (QED) is 0.709. The summed E-state index contributed by atoms with van der Waals surface area (Å²) < 4.78 is 23.1. The second kappa shape index (κ2) is 7.07. The zero-order valence-electron chi connectivity index (χ0n) is 14.1. The Bertz CT molecular complexity index is 515. The lowest BCUT2D eigenvalue weighted by Crippen LogP contribution is -2.55. The van der Waals surface area contributed by atoms with Gasteiger partial charge < -0.3 is 9.80 Å². The standard InChI is InChI=1S/C16H29N3O3S/c1-17-6-2-3-14(13-17)16(20)19-9-7-18(8-10-19)15-4-11-23(21,22)12-5-15/h14-15H,2-13H2,1H3. The molecule has 0 aromatic rings. The summed E-state index contributed by atoms with van der Waals surface area (Å²) in [5.41, 5.74) is 0. The number of piperazine rings is 1. The number of rotatable bonds is 2. The van der Waals surface area contributed by atoms with E-state index in [1.54, 1.807) is 0 Å². The molecule has 3 fully saturated rings. The molecule has 0 N–H and O–H groups in total. The van der Waals surface area contributed by atoms with E-state index in [0.29, 0.717) is 23.5 Å². The van der Waals surface area contributed by atoms with Crippen molar-refractivity contribution >= 4 is 15.7 Å². The molecule has 3 heterocycles. The average molecular weight is 343 g/mol. The van der Waals surface area contributed by atoms with Crippen LogP contribution in [0.3, 0.4) is 0 Å². The molecule has 3 saturated heterocycles. The van der Waals surface area contributed by atoms with Crippen LogP contribution in [0.4, 0.5) is 0 Å². The van der Waals surface area contributed by atoms with Gasteiger partial charge in [0, 0.05) is 38.8 Å². The van der Waals surface area contributed by atoms with Crippen molar-refractivity contribution in [2.45, 2.75) is 31.7 Å². The molecule has 0 aromatic heterocycles. The van der Waals surface area contributed by atoms with Gasteiger partial charge >= 0.3 is 0 Å². The lowest BCUT2D eigenvalue weighted by Gasteiger charge is -2.42.